The van der Waals surface area contributed by atoms with Crippen molar-refractivity contribution >= 4 is 22.9 Å². The summed E-state index contributed by atoms with van der Waals surface area (Å²) in [5, 5.41) is 7.13. The number of hydrogen-bond acceptors (Lipinski definition) is 5. The molecule has 7 heteroatoms. The lowest BCUT2D eigenvalue weighted by molar-refractivity contribution is 0.0775. The molecule has 0 N–H and O–H groups in total. The highest BCUT2D eigenvalue weighted by Gasteiger charge is 2.18. The van der Waals surface area contributed by atoms with E-state index in [-0.39, 0.29) is 5.91 Å². The molecule has 0 radical (unpaired) electrons. The maximum atomic E-state index is 12.7. The predicted molar refractivity (Wildman–Crippen MR) is 96.3 cm³/mol. The van der Waals surface area contributed by atoms with E-state index in [2.05, 4.69) is 15.1 Å². The van der Waals surface area contributed by atoms with Gasteiger partial charge in [0.2, 0.25) is 0 Å². The standard InChI is InChI=1S/C18H15N5OS/c1-22(18(24)15-10-19-16-8-5-9-20-23(15)16)11-14-12-25-17(21-14)13-6-3-2-4-7-13/h2-10,12H,11H2,1H3. The van der Waals surface area contributed by atoms with Gasteiger partial charge in [0.05, 0.1) is 18.4 Å². The van der Waals surface area contributed by atoms with Crippen molar-refractivity contribution in [1.29, 1.82) is 0 Å². The van der Waals surface area contributed by atoms with Gasteiger partial charge in [0, 0.05) is 24.2 Å². The lowest BCUT2D eigenvalue weighted by Gasteiger charge is -2.15. The number of nitrogens with zero attached hydrogens (tertiary/aromatic N) is 5. The zero-order valence-electron chi connectivity index (χ0n) is 13.5. The van der Waals surface area contributed by atoms with Gasteiger partial charge < -0.3 is 4.90 Å². The van der Waals surface area contributed by atoms with Gasteiger partial charge in [-0.05, 0) is 12.1 Å². The molecule has 0 saturated carbocycles. The molecular weight excluding hydrogens is 334 g/mol. The molecule has 0 fully saturated rings. The minimum Gasteiger partial charge on any atom is -0.334 e. The number of imidazole rings is 1. The second-order valence-electron chi connectivity index (χ2n) is 5.61. The lowest BCUT2D eigenvalue weighted by atomic mass is 10.2. The number of carbonyl (C=O) groups excluding carboxylic acids is 1. The van der Waals surface area contributed by atoms with Crippen LogP contribution in [0.3, 0.4) is 0 Å². The molecule has 6 nitrogen and oxygen atoms in total. The number of amides is 1. The van der Waals surface area contributed by atoms with E-state index < -0.39 is 0 Å². The molecule has 0 atom stereocenters. The smallest absolute Gasteiger partial charge is 0.274 e. The van der Waals surface area contributed by atoms with E-state index in [1.807, 2.05) is 41.8 Å². The second-order valence-corrected chi connectivity index (χ2v) is 6.47. The van der Waals surface area contributed by atoms with Crippen molar-refractivity contribution < 1.29 is 4.79 Å². The fraction of sp³-hybridized carbons (Fsp3) is 0.111. The summed E-state index contributed by atoms with van der Waals surface area (Å²) in [4.78, 5) is 23.2. The van der Waals surface area contributed by atoms with Gasteiger partial charge in [-0.2, -0.15) is 5.10 Å². The number of benzene rings is 1. The number of aromatic nitrogens is 4. The minimum atomic E-state index is -0.138. The fourth-order valence-electron chi connectivity index (χ4n) is 2.58. The molecule has 0 spiro atoms. The molecule has 3 heterocycles. The molecular formula is C18H15N5OS. The average Bonchev–Trinajstić information content (AvgIpc) is 3.29. The Kier molecular flexibility index (Phi) is 3.99. The van der Waals surface area contributed by atoms with Gasteiger partial charge in [0.25, 0.3) is 5.91 Å². The first-order valence-electron chi connectivity index (χ1n) is 7.76. The van der Waals surface area contributed by atoms with Gasteiger partial charge in [-0.3, -0.25) is 4.79 Å². The fourth-order valence-corrected chi connectivity index (χ4v) is 3.40. The first-order chi connectivity index (χ1) is 12.2. The Hall–Kier alpha value is -3.06. The van der Waals surface area contributed by atoms with E-state index in [0.717, 1.165) is 16.3 Å². The van der Waals surface area contributed by atoms with Crippen LogP contribution >= 0.6 is 11.3 Å². The summed E-state index contributed by atoms with van der Waals surface area (Å²) in [7, 11) is 1.76. The Bertz CT molecular complexity index is 1020. The van der Waals surface area contributed by atoms with E-state index in [1.54, 1.807) is 46.3 Å². The Morgan fingerprint density at radius 1 is 1.20 bits per heavy atom. The van der Waals surface area contributed by atoms with Gasteiger partial charge in [-0.15, -0.1) is 11.3 Å². The summed E-state index contributed by atoms with van der Waals surface area (Å²) in [6, 6.07) is 13.6. The van der Waals surface area contributed by atoms with Crippen molar-refractivity contribution in [3.8, 4) is 10.6 Å². The third kappa shape index (κ3) is 3.01. The Morgan fingerprint density at radius 3 is 2.88 bits per heavy atom. The number of carbonyl (C=O) groups is 1. The van der Waals surface area contributed by atoms with E-state index in [9.17, 15) is 4.79 Å². The largest absolute Gasteiger partial charge is 0.334 e. The molecule has 25 heavy (non-hydrogen) atoms. The number of thiazole rings is 1. The van der Waals surface area contributed by atoms with Crippen LogP contribution in [0.1, 0.15) is 16.2 Å². The van der Waals surface area contributed by atoms with Crippen molar-refractivity contribution in [2.75, 3.05) is 7.05 Å². The van der Waals surface area contributed by atoms with Gasteiger partial charge in [-0.1, -0.05) is 30.3 Å². The number of fused-ring (bicyclic) bond motifs is 1. The highest BCUT2D eigenvalue weighted by atomic mass is 32.1. The molecule has 0 aliphatic rings. The predicted octanol–water partition coefficient (Wildman–Crippen LogP) is 3.13. The Morgan fingerprint density at radius 2 is 2.04 bits per heavy atom. The van der Waals surface area contributed by atoms with Crippen molar-refractivity contribution in [3.63, 3.8) is 0 Å². The Balaban J connectivity index is 1.53. The van der Waals surface area contributed by atoms with Gasteiger partial charge in [0.15, 0.2) is 11.3 Å². The molecule has 3 aromatic heterocycles. The molecule has 124 valence electrons. The van der Waals surface area contributed by atoms with E-state index in [1.165, 1.54) is 0 Å². The van der Waals surface area contributed by atoms with Crippen molar-refractivity contribution in [3.05, 3.63) is 71.6 Å². The molecule has 0 aliphatic carbocycles. The van der Waals surface area contributed by atoms with Gasteiger partial charge in [-0.25, -0.2) is 14.5 Å². The van der Waals surface area contributed by atoms with Crippen molar-refractivity contribution in [2.24, 2.45) is 0 Å². The Labute approximate surface area is 148 Å². The summed E-state index contributed by atoms with van der Waals surface area (Å²) in [6.45, 7) is 0.433. The topological polar surface area (TPSA) is 63.4 Å². The molecule has 0 bridgehead atoms. The monoisotopic (exact) mass is 349 g/mol. The zero-order chi connectivity index (χ0) is 17.2. The van der Waals surface area contributed by atoms with Crippen LogP contribution < -0.4 is 0 Å². The lowest BCUT2D eigenvalue weighted by Crippen LogP contribution is -2.27. The minimum absolute atomic E-state index is 0.138. The summed E-state index contributed by atoms with van der Waals surface area (Å²) >= 11 is 1.58. The average molecular weight is 349 g/mol. The van der Waals surface area contributed by atoms with Crippen molar-refractivity contribution in [1.82, 2.24) is 24.5 Å². The second kappa shape index (κ2) is 6.45. The van der Waals surface area contributed by atoms with Crippen LogP contribution in [0.25, 0.3) is 16.2 Å². The van der Waals surface area contributed by atoms with Crippen molar-refractivity contribution in [2.45, 2.75) is 6.54 Å². The summed E-state index contributed by atoms with van der Waals surface area (Å²) in [5.41, 5.74) is 3.04. The van der Waals surface area contributed by atoms with Gasteiger partial charge in [0.1, 0.15) is 5.01 Å². The van der Waals surface area contributed by atoms with Crippen LogP contribution in [-0.4, -0.2) is 37.4 Å². The van der Waals surface area contributed by atoms with Crippen LogP contribution in [0.2, 0.25) is 0 Å². The van der Waals surface area contributed by atoms with Crippen LogP contribution in [0, 0.1) is 0 Å². The highest BCUT2D eigenvalue weighted by Crippen LogP contribution is 2.24. The van der Waals surface area contributed by atoms with Crippen LogP contribution in [-0.2, 0) is 6.54 Å². The maximum absolute atomic E-state index is 12.7. The zero-order valence-corrected chi connectivity index (χ0v) is 14.3. The first-order valence-corrected chi connectivity index (χ1v) is 8.64. The highest BCUT2D eigenvalue weighted by molar-refractivity contribution is 7.13. The van der Waals surface area contributed by atoms with E-state index >= 15 is 0 Å². The first kappa shape index (κ1) is 15.5. The summed E-state index contributed by atoms with van der Waals surface area (Å²) < 4.78 is 1.55. The van der Waals surface area contributed by atoms with Crippen LogP contribution in [0.4, 0.5) is 0 Å². The van der Waals surface area contributed by atoms with Crippen LogP contribution in [0.15, 0.2) is 60.2 Å². The molecule has 1 aromatic carbocycles. The third-order valence-corrected chi connectivity index (χ3v) is 4.76. The normalized spacial score (nSPS) is 10.9. The van der Waals surface area contributed by atoms with E-state index in [4.69, 9.17) is 0 Å². The molecule has 1 amide bonds. The van der Waals surface area contributed by atoms with E-state index in [0.29, 0.717) is 17.9 Å². The SMILES string of the molecule is CN(Cc1csc(-c2ccccc2)n1)C(=O)c1cnc2cccnn12. The number of hydrogen-bond donors (Lipinski definition) is 0. The quantitative estimate of drug-likeness (QED) is 0.568. The molecule has 4 rings (SSSR count). The third-order valence-electron chi connectivity index (χ3n) is 3.82. The molecule has 0 saturated heterocycles. The van der Waals surface area contributed by atoms with Crippen LogP contribution in [0.5, 0.6) is 0 Å². The number of rotatable bonds is 4. The summed E-state index contributed by atoms with van der Waals surface area (Å²) in [5.74, 6) is -0.138. The molecule has 0 unspecified atom stereocenters. The maximum Gasteiger partial charge on any atom is 0.274 e. The summed E-state index contributed by atoms with van der Waals surface area (Å²) in [6.07, 6.45) is 3.19. The van der Waals surface area contributed by atoms with Gasteiger partial charge >= 0.3 is 0 Å². The molecule has 0 aliphatic heterocycles. The molecule has 4 aromatic rings.